The summed E-state index contributed by atoms with van der Waals surface area (Å²) in [7, 11) is 0. The summed E-state index contributed by atoms with van der Waals surface area (Å²) in [6.45, 7) is 1.22. The number of alkyl halides is 2. The van der Waals surface area contributed by atoms with Crippen LogP contribution in [-0.2, 0) is 14.3 Å². The summed E-state index contributed by atoms with van der Waals surface area (Å²) >= 11 is 10.9. The number of esters is 1. The molecule has 0 bridgehead atoms. The Hall–Kier alpha value is 0.01000. The SMILES string of the molecule is CC(=O)OCOC(CCl)CCl. The van der Waals surface area contributed by atoms with E-state index in [1.807, 2.05) is 0 Å². The van der Waals surface area contributed by atoms with Crippen LogP contribution in [-0.4, -0.2) is 30.6 Å². The molecule has 0 fully saturated rings. The Kier molecular flexibility index (Phi) is 6.71. The molecular formula is C6H10Cl2O3. The zero-order valence-corrected chi connectivity index (χ0v) is 7.69. The van der Waals surface area contributed by atoms with E-state index in [9.17, 15) is 4.79 Å². The monoisotopic (exact) mass is 200 g/mol. The number of ether oxygens (including phenoxy) is 2. The first-order valence-corrected chi connectivity index (χ1v) is 4.14. The van der Waals surface area contributed by atoms with Crippen molar-refractivity contribution in [3.8, 4) is 0 Å². The molecule has 0 aliphatic heterocycles. The number of halogens is 2. The molecular weight excluding hydrogens is 191 g/mol. The summed E-state index contributed by atoms with van der Waals surface area (Å²) in [5.74, 6) is 0.211. The molecule has 0 amide bonds. The highest BCUT2D eigenvalue weighted by molar-refractivity contribution is 6.21. The lowest BCUT2D eigenvalue weighted by atomic mass is 10.5. The summed E-state index contributed by atoms with van der Waals surface area (Å²) < 4.78 is 9.44. The third kappa shape index (κ3) is 6.41. The lowest BCUT2D eigenvalue weighted by molar-refractivity contribution is -0.156. The molecule has 0 unspecified atom stereocenters. The minimum atomic E-state index is -0.382. The smallest absolute Gasteiger partial charge is 0.304 e. The second-order valence-corrected chi connectivity index (χ2v) is 2.47. The van der Waals surface area contributed by atoms with Crippen LogP contribution in [0.25, 0.3) is 0 Å². The number of rotatable bonds is 5. The van der Waals surface area contributed by atoms with Gasteiger partial charge in [-0.05, 0) is 0 Å². The number of hydrogen-bond donors (Lipinski definition) is 0. The zero-order chi connectivity index (χ0) is 8.69. The maximum absolute atomic E-state index is 10.2. The van der Waals surface area contributed by atoms with Gasteiger partial charge in [0.2, 0.25) is 0 Å². The molecule has 0 aromatic rings. The van der Waals surface area contributed by atoms with E-state index in [-0.39, 0.29) is 18.9 Å². The molecule has 0 saturated heterocycles. The van der Waals surface area contributed by atoms with Gasteiger partial charge in [0, 0.05) is 18.7 Å². The van der Waals surface area contributed by atoms with Gasteiger partial charge in [-0.25, -0.2) is 0 Å². The highest BCUT2D eigenvalue weighted by Gasteiger charge is 2.05. The maximum atomic E-state index is 10.2. The Balaban J connectivity index is 3.28. The fraction of sp³-hybridized carbons (Fsp3) is 0.833. The van der Waals surface area contributed by atoms with E-state index in [2.05, 4.69) is 4.74 Å². The van der Waals surface area contributed by atoms with Crippen LogP contribution >= 0.6 is 23.2 Å². The van der Waals surface area contributed by atoms with Crippen molar-refractivity contribution in [2.24, 2.45) is 0 Å². The molecule has 0 aromatic carbocycles. The number of carbonyl (C=O) groups is 1. The molecule has 3 nitrogen and oxygen atoms in total. The first-order chi connectivity index (χ1) is 5.20. The Bertz CT molecular complexity index is 114. The third-order valence-corrected chi connectivity index (χ3v) is 1.60. The lowest BCUT2D eigenvalue weighted by Crippen LogP contribution is -2.19. The van der Waals surface area contributed by atoms with Crippen LogP contribution in [0, 0.1) is 0 Å². The normalized spacial score (nSPS) is 10.2. The van der Waals surface area contributed by atoms with E-state index in [1.165, 1.54) is 6.92 Å². The molecule has 0 heterocycles. The Morgan fingerprint density at radius 1 is 1.45 bits per heavy atom. The van der Waals surface area contributed by atoms with Gasteiger partial charge in [0.05, 0.1) is 6.10 Å². The minimum absolute atomic E-state index is 0.0839. The van der Waals surface area contributed by atoms with Crippen molar-refractivity contribution in [1.82, 2.24) is 0 Å². The highest BCUT2D eigenvalue weighted by Crippen LogP contribution is 1.98. The maximum Gasteiger partial charge on any atom is 0.304 e. The number of hydrogen-bond acceptors (Lipinski definition) is 3. The van der Waals surface area contributed by atoms with E-state index in [1.54, 1.807) is 0 Å². The van der Waals surface area contributed by atoms with Crippen molar-refractivity contribution in [2.75, 3.05) is 18.6 Å². The standard InChI is InChI=1S/C6H10Cl2O3/c1-5(9)10-4-11-6(2-7)3-8/h6H,2-4H2,1H3. The second-order valence-electron chi connectivity index (χ2n) is 1.85. The minimum Gasteiger partial charge on any atom is -0.439 e. The summed E-state index contributed by atoms with van der Waals surface area (Å²) in [5, 5.41) is 0. The van der Waals surface area contributed by atoms with Crippen LogP contribution in [0.5, 0.6) is 0 Å². The Morgan fingerprint density at radius 3 is 2.36 bits per heavy atom. The van der Waals surface area contributed by atoms with E-state index in [0.29, 0.717) is 11.8 Å². The van der Waals surface area contributed by atoms with Crippen LogP contribution in [0.1, 0.15) is 6.92 Å². The van der Waals surface area contributed by atoms with Gasteiger partial charge in [-0.1, -0.05) is 0 Å². The average Bonchev–Trinajstić information content (AvgIpc) is 1.98. The van der Waals surface area contributed by atoms with Crippen molar-refractivity contribution in [1.29, 1.82) is 0 Å². The van der Waals surface area contributed by atoms with Gasteiger partial charge >= 0.3 is 5.97 Å². The molecule has 66 valence electrons. The van der Waals surface area contributed by atoms with Gasteiger partial charge in [0.15, 0.2) is 6.79 Å². The molecule has 5 heteroatoms. The molecule has 0 N–H and O–H groups in total. The first-order valence-electron chi connectivity index (χ1n) is 3.07. The summed E-state index contributed by atoms with van der Waals surface area (Å²) in [6, 6.07) is 0. The molecule has 0 aliphatic rings. The van der Waals surface area contributed by atoms with E-state index in [0.717, 1.165) is 0 Å². The van der Waals surface area contributed by atoms with Gasteiger partial charge in [-0.15, -0.1) is 23.2 Å². The average molecular weight is 201 g/mol. The van der Waals surface area contributed by atoms with E-state index in [4.69, 9.17) is 27.9 Å². The molecule has 0 spiro atoms. The fourth-order valence-electron chi connectivity index (χ4n) is 0.344. The van der Waals surface area contributed by atoms with Crippen molar-refractivity contribution in [3.05, 3.63) is 0 Å². The summed E-state index contributed by atoms with van der Waals surface area (Å²) in [4.78, 5) is 10.2. The number of carbonyl (C=O) groups excluding carboxylic acids is 1. The topological polar surface area (TPSA) is 35.5 Å². The van der Waals surface area contributed by atoms with Crippen LogP contribution in [0.15, 0.2) is 0 Å². The van der Waals surface area contributed by atoms with Crippen molar-refractivity contribution >= 4 is 29.2 Å². The van der Waals surface area contributed by atoms with E-state index < -0.39 is 0 Å². The van der Waals surface area contributed by atoms with Crippen molar-refractivity contribution in [2.45, 2.75) is 13.0 Å². The summed E-state index contributed by atoms with van der Waals surface area (Å²) in [6.07, 6.45) is -0.252. The first kappa shape index (κ1) is 11.0. The van der Waals surface area contributed by atoms with Crippen molar-refractivity contribution < 1.29 is 14.3 Å². The van der Waals surface area contributed by atoms with Gasteiger partial charge in [0.25, 0.3) is 0 Å². The zero-order valence-electron chi connectivity index (χ0n) is 6.18. The van der Waals surface area contributed by atoms with Gasteiger partial charge in [-0.3, -0.25) is 4.79 Å². The molecule has 0 radical (unpaired) electrons. The molecule has 0 saturated carbocycles. The molecule has 0 aliphatic carbocycles. The fourth-order valence-corrected chi connectivity index (χ4v) is 0.852. The third-order valence-electron chi connectivity index (χ3n) is 0.910. The van der Waals surface area contributed by atoms with Crippen LogP contribution < -0.4 is 0 Å². The largest absolute Gasteiger partial charge is 0.439 e. The molecule has 0 atom stereocenters. The van der Waals surface area contributed by atoms with Crippen LogP contribution in [0.4, 0.5) is 0 Å². The highest BCUT2D eigenvalue weighted by atomic mass is 35.5. The van der Waals surface area contributed by atoms with Crippen molar-refractivity contribution in [3.63, 3.8) is 0 Å². The van der Waals surface area contributed by atoms with Gasteiger partial charge < -0.3 is 9.47 Å². The Labute approximate surface area is 75.6 Å². The van der Waals surface area contributed by atoms with Crippen LogP contribution in [0.2, 0.25) is 0 Å². The predicted octanol–water partition coefficient (Wildman–Crippen LogP) is 1.37. The molecule has 11 heavy (non-hydrogen) atoms. The van der Waals surface area contributed by atoms with Gasteiger partial charge in [-0.2, -0.15) is 0 Å². The van der Waals surface area contributed by atoms with Gasteiger partial charge in [0.1, 0.15) is 0 Å². The lowest BCUT2D eigenvalue weighted by Gasteiger charge is -2.10. The predicted molar refractivity (Wildman–Crippen MR) is 42.9 cm³/mol. The summed E-state index contributed by atoms with van der Waals surface area (Å²) in [5.41, 5.74) is 0. The van der Waals surface area contributed by atoms with Crippen LogP contribution in [0.3, 0.4) is 0 Å². The molecule has 0 rings (SSSR count). The van der Waals surface area contributed by atoms with E-state index >= 15 is 0 Å². The Morgan fingerprint density at radius 2 is 2.00 bits per heavy atom. The molecule has 0 aromatic heterocycles. The second kappa shape index (κ2) is 6.70. The quantitative estimate of drug-likeness (QED) is 0.382.